The summed E-state index contributed by atoms with van der Waals surface area (Å²) in [6.07, 6.45) is 1.45. The third-order valence-corrected chi connectivity index (χ3v) is 4.13. The molecule has 5 nitrogen and oxygen atoms in total. The van der Waals surface area contributed by atoms with E-state index in [0.29, 0.717) is 12.4 Å². The zero-order valence-electron chi connectivity index (χ0n) is 15.3. The van der Waals surface area contributed by atoms with Crippen LogP contribution in [0.5, 0.6) is 5.88 Å². The number of nitrogens with zero attached hydrogens (tertiary/aromatic N) is 3. The summed E-state index contributed by atoms with van der Waals surface area (Å²) in [5, 5.41) is 0.799. The van der Waals surface area contributed by atoms with Crippen LogP contribution in [0.15, 0.2) is 60.9 Å². The molecule has 1 amide bonds. The molecule has 5 heteroatoms. The fourth-order valence-electron chi connectivity index (χ4n) is 2.77. The van der Waals surface area contributed by atoms with Crippen molar-refractivity contribution in [3.8, 4) is 5.88 Å². The Morgan fingerprint density at radius 3 is 2.42 bits per heavy atom. The van der Waals surface area contributed by atoms with Gasteiger partial charge in [-0.1, -0.05) is 42.5 Å². The molecular formula is C21H23N3O2. The van der Waals surface area contributed by atoms with Gasteiger partial charge < -0.3 is 9.64 Å². The first-order chi connectivity index (χ1) is 12.4. The van der Waals surface area contributed by atoms with Crippen LogP contribution in [0.3, 0.4) is 0 Å². The van der Waals surface area contributed by atoms with Crippen molar-refractivity contribution < 1.29 is 9.53 Å². The number of aromatic nitrogens is 2. The average Bonchev–Trinajstić information content (AvgIpc) is 2.64. The topological polar surface area (TPSA) is 55.3 Å². The second-order valence-electron chi connectivity index (χ2n) is 7.12. The van der Waals surface area contributed by atoms with E-state index in [0.717, 1.165) is 16.5 Å². The lowest BCUT2D eigenvalue weighted by Gasteiger charge is -2.35. The summed E-state index contributed by atoms with van der Waals surface area (Å²) in [5.41, 5.74) is 1.56. The highest BCUT2D eigenvalue weighted by atomic mass is 16.5. The third-order valence-electron chi connectivity index (χ3n) is 4.13. The summed E-state index contributed by atoms with van der Waals surface area (Å²) in [6, 6.07) is 17.5. The van der Waals surface area contributed by atoms with Gasteiger partial charge in [-0.25, -0.2) is 9.97 Å². The van der Waals surface area contributed by atoms with E-state index in [2.05, 4.69) is 9.97 Å². The second kappa shape index (κ2) is 7.52. The Bertz CT molecular complexity index is 883. The summed E-state index contributed by atoms with van der Waals surface area (Å²) in [5.74, 6) is 0.349. The van der Waals surface area contributed by atoms with Gasteiger partial charge >= 0.3 is 0 Å². The molecule has 0 aliphatic rings. The van der Waals surface area contributed by atoms with E-state index in [9.17, 15) is 4.79 Å². The number of benzene rings is 2. The third kappa shape index (κ3) is 4.17. The average molecular weight is 349 g/mol. The summed E-state index contributed by atoms with van der Waals surface area (Å²) in [7, 11) is 0. The monoisotopic (exact) mass is 349 g/mol. The van der Waals surface area contributed by atoms with Crippen LogP contribution in [-0.2, 0) is 11.3 Å². The van der Waals surface area contributed by atoms with Crippen LogP contribution in [0, 0.1) is 0 Å². The van der Waals surface area contributed by atoms with E-state index >= 15 is 0 Å². The van der Waals surface area contributed by atoms with E-state index in [1.807, 2.05) is 80.3 Å². The number of carbonyl (C=O) groups excluding carboxylic acids is 1. The van der Waals surface area contributed by atoms with Crippen molar-refractivity contribution in [2.75, 3.05) is 6.61 Å². The van der Waals surface area contributed by atoms with Crippen LogP contribution in [0.25, 0.3) is 10.9 Å². The maximum atomic E-state index is 12.9. The lowest BCUT2D eigenvalue weighted by Crippen LogP contribution is -2.47. The van der Waals surface area contributed by atoms with Crippen LogP contribution < -0.4 is 4.74 Å². The molecule has 0 N–H and O–H groups in total. The zero-order valence-corrected chi connectivity index (χ0v) is 15.3. The van der Waals surface area contributed by atoms with Gasteiger partial charge in [0.2, 0.25) is 5.88 Å². The van der Waals surface area contributed by atoms with Gasteiger partial charge in [0.1, 0.15) is 6.33 Å². The standard InChI is InChI=1S/C21H23N3O2/c1-21(2,3)24(13-16-9-5-4-6-10-16)19(25)14-26-20-17-11-7-8-12-18(17)22-15-23-20/h4-12,15H,13-14H2,1-3H3. The number of fused-ring (bicyclic) bond motifs is 1. The van der Waals surface area contributed by atoms with Gasteiger partial charge in [0.05, 0.1) is 10.9 Å². The Labute approximate surface area is 153 Å². The predicted octanol–water partition coefficient (Wildman–Crippen LogP) is 3.84. The number of hydrogen-bond acceptors (Lipinski definition) is 4. The Morgan fingerprint density at radius 2 is 1.69 bits per heavy atom. The summed E-state index contributed by atoms with van der Waals surface area (Å²) in [6.45, 7) is 6.54. The lowest BCUT2D eigenvalue weighted by molar-refractivity contribution is -0.139. The van der Waals surface area contributed by atoms with Crippen molar-refractivity contribution in [1.82, 2.24) is 14.9 Å². The molecule has 3 rings (SSSR count). The molecule has 0 atom stereocenters. The van der Waals surface area contributed by atoms with Crippen molar-refractivity contribution in [2.24, 2.45) is 0 Å². The van der Waals surface area contributed by atoms with Gasteiger partial charge in [-0.2, -0.15) is 0 Å². The molecule has 0 saturated heterocycles. The molecule has 2 aromatic carbocycles. The Hall–Kier alpha value is -2.95. The Morgan fingerprint density at radius 1 is 1.00 bits per heavy atom. The number of rotatable bonds is 5. The maximum Gasteiger partial charge on any atom is 0.261 e. The fraction of sp³-hybridized carbons (Fsp3) is 0.286. The van der Waals surface area contributed by atoms with E-state index in [4.69, 9.17) is 4.74 Å². The first-order valence-electron chi connectivity index (χ1n) is 8.62. The summed E-state index contributed by atoms with van der Waals surface area (Å²) < 4.78 is 5.75. The normalized spacial score (nSPS) is 11.3. The van der Waals surface area contributed by atoms with E-state index in [1.54, 1.807) is 0 Å². The molecule has 1 aromatic heterocycles. The molecule has 134 valence electrons. The van der Waals surface area contributed by atoms with Crippen LogP contribution in [0.2, 0.25) is 0 Å². The Kier molecular flexibility index (Phi) is 5.16. The highest BCUT2D eigenvalue weighted by Gasteiger charge is 2.27. The van der Waals surface area contributed by atoms with Gasteiger partial charge in [-0.05, 0) is 38.5 Å². The highest BCUT2D eigenvalue weighted by molar-refractivity contribution is 5.84. The van der Waals surface area contributed by atoms with Crippen molar-refractivity contribution >= 4 is 16.8 Å². The van der Waals surface area contributed by atoms with Crippen molar-refractivity contribution in [3.05, 3.63) is 66.5 Å². The molecule has 0 saturated carbocycles. The molecule has 0 bridgehead atoms. The SMILES string of the molecule is CC(C)(C)N(Cc1ccccc1)C(=O)COc1ncnc2ccccc12. The summed E-state index contributed by atoms with van der Waals surface area (Å²) in [4.78, 5) is 23.1. The molecule has 0 radical (unpaired) electrons. The number of hydrogen-bond donors (Lipinski definition) is 0. The van der Waals surface area contributed by atoms with Crippen LogP contribution >= 0.6 is 0 Å². The molecule has 0 fully saturated rings. The highest BCUT2D eigenvalue weighted by Crippen LogP contribution is 2.22. The van der Waals surface area contributed by atoms with Gasteiger partial charge in [0, 0.05) is 12.1 Å². The molecule has 1 heterocycles. The van der Waals surface area contributed by atoms with Gasteiger partial charge in [-0.3, -0.25) is 4.79 Å². The molecule has 0 unspecified atom stereocenters. The van der Waals surface area contributed by atoms with E-state index in [-0.39, 0.29) is 18.1 Å². The zero-order chi connectivity index (χ0) is 18.6. The van der Waals surface area contributed by atoms with E-state index in [1.165, 1.54) is 6.33 Å². The maximum absolute atomic E-state index is 12.9. The van der Waals surface area contributed by atoms with Gasteiger partial charge in [0.25, 0.3) is 5.91 Å². The van der Waals surface area contributed by atoms with Crippen LogP contribution in [-0.4, -0.2) is 32.9 Å². The minimum atomic E-state index is -0.315. The number of ether oxygens (including phenoxy) is 1. The molecule has 3 aromatic rings. The Balaban J connectivity index is 1.75. The molecule has 26 heavy (non-hydrogen) atoms. The minimum Gasteiger partial charge on any atom is -0.467 e. The van der Waals surface area contributed by atoms with Crippen LogP contribution in [0.1, 0.15) is 26.3 Å². The van der Waals surface area contributed by atoms with Gasteiger partial charge in [0.15, 0.2) is 6.61 Å². The number of amides is 1. The number of carbonyl (C=O) groups is 1. The molecule has 0 aliphatic heterocycles. The molecule has 0 aliphatic carbocycles. The summed E-state index contributed by atoms with van der Waals surface area (Å²) >= 11 is 0. The second-order valence-corrected chi connectivity index (χ2v) is 7.12. The largest absolute Gasteiger partial charge is 0.467 e. The van der Waals surface area contributed by atoms with Crippen LogP contribution in [0.4, 0.5) is 0 Å². The molecule has 0 spiro atoms. The van der Waals surface area contributed by atoms with Crippen molar-refractivity contribution in [2.45, 2.75) is 32.9 Å². The minimum absolute atomic E-state index is 0.0644. The quantitative estimate of drug-likeness (QED) is 0.702. The first-order valence-corrected chi connectivity index (χ1v) is 8.62. The lowest BCUT2D eigenvalue weighted by atomic mass is 10.0. The van der Waals surface area contributed by atoms with E-state index < -0.39 is 0 Å². The smallest absolute Gasteiger partial charge is 0.261 e. The van der Waals surface area contributed by atoms with Crippen molar-refractivity contribution in [3.63, 3.8) is 0 Å². The predicted molar refractivity (Wildman–Crippen MR) is 102 cm³/mol. The first kappa shape index (κ1) is 17.9. The van der Waals surface area contributed by atoms with Gasteiger partial charge in [-0.15, -0.1) is 0 Å². The molecular weight excluding hydrogens is 326 g/mol. The number of para-hydroxylation sites is 1. The van der Waals surface area contributed by atoms with Crippen molar-refractivity contribution in [1.29, 1.82) is 0 Å². The fourth-order valence-corrected chi connectivity index (χ4v) is 2.77.